The minimum atomic E-state index is -3.58. The molecule has 0 aliphatic carbocycles. The molecule has 0 spiro atoms. The van der Waals surface area contributed by atoms with E-state index < -0.39 is 27.2 Å². The molecule has 0 saturated heterocycles. The molecule has 0 amide bonds. The Morgan fingerprint density at radius 1 is 1.12 bits per heavy atom. The van der Waals surface area contributed by atoms with Crippen molar-refractivity contribution in [2.24, 2.45) is 0 Å². The van der Waals surface area contributed by atoms with Crippen LogP contribution in [0, 0.1) is 0 Å². The predicted octanol–water partition coefficient (Wildman–Crippen LogP) is -2.05. The molecule has 0 aromatic heterocycles. The van der Waals surface area contributed by atoms with Crippen molar-refractivity contribution in [3.8, 4) is 0 Å². The van der Waals surface area contributed by atoms with Gasteiger partial charge >= 0.3 is 37.9 Å². The van der Waals surface area contributed by atoms with Gasteiger partial charge in [-0.3, -0.25) is 0 Å². The standard InChI is InChI=1S/H3O3P.2H2O.O.Ti/c1-4(2)3;;;;/h1-3H;2*1H2;;/q;;;;+2/p-2. The number of hydrogen-bond acceptors (Lipinski definition) is 4. The molecule has 0 unspecified atom stereocenters. The zero-order chi connectivity index (χ0) is 7.15. The van der Waals surface area contributed by atoms with Crippen LogP contribution in [0.3, 0.4) is 0 Å². The fraction of sp³-hybridized carbons (Fsp3) is 0. The summed E-state index contributed by atoms with van der Waals surface area (Å²) in [5.41, 5.74) is 0. The van der Waals surface area contributed by atoms with Crippen LogP contribution in [0.2, 0.25) is 0 Å². The molecule has 6 nitrogen and oxygen atoms in total. The Hall–Kier alpha value is 0.744. The molecule has 8 heteroatoms. The summed E-state index contributed by atoms with van der Waals surface area (Å²) in [5, 5.41) is 0. The van der Waals surface area contributed by atoms with E-state index >= 15 is 0 Å². The van der Waals surface area contributed by atoms with E-state index in [4.69, 9.17) is 25.4 Å². The van der Waals surface area contributed by atoms with Crippen LogP contribution in [-0.4, -0.2) is 22.1 Å². The van der Waals surface area contributed by atoms with Crippen LogP contribution in [-0.2, 0) is 21.9 Å². The molecule has 50 valence electrons. The number of rotatable bonds is 0. The third kappa shape index (κ3) is 402. The van der Waals surface area contributed by atoms with Gasteiger partial charge in [0.25, 0.3) is 0 Å². The molecule has 0 aromatic carbocycles. The molecule has 0 aliphatic heterocycles. The van der Waals surface area contributed by atoms with Crippen molar-refractivity contribution in [1.82, 2.24) is 0 Å². The van der Waals surface area contributed by atoms with E-state index in [1.807, 2.05) is 0 Å². The molecule has 5 N–H and O–H groups in total. The maximum atomic E-state index is 8.81. The van der Waals surface area contributed by atoms with Crippen LogP contribution in [0.4, 0.5) is 0 Å². The second-order valence-corrected chi connectivity index (χ2v) is 1.97. The molecule has 0 fully saturated rings. The van der Waals surface area contributed by atoms with Gasteiger partial charge in [-0.2, -0.15) is 0 Å². The SMILES string of the molecule is OP(O)O.[O]=[Ti]([OH])[OH]. The van der Waals surface area contributed by atoms with Crippen molar-refractivity contribution in [3.05, 3.63) is 0 Å². The van der Waals surface area contributed by atoms with E-state index in [1.165, 1.54) is 0 Å². The topological polar surface area (TPSA) is 118 Å². The normalized spacial score (nSPS) is 7.75. The van der Waals surface area contributed by atoms with Crippen LogP contribution in [0.5, 0.6) is 0 Å². The Morgan fingerprint density at radius 3 is 1.12 bits per heavy atom. The first-order valence-electron chi connectivity index (χ1n) is 1.25. The van der Waals surface area contributed by atoms with Crippen molar-refractivity contribution >= 4 is 8.60 Å². The van der Waals surface area contributed by atoms with Crippen molar-refractivity contribution < 1.29 is 44.0 Å². The molecule has 0 bridgehead atoms. The monoisotopic (exact) mass is 180 g/mol. The molecule has 0 rings (SSSR count). The van der Waals surface area contributed by atoms with E-state index in [9.17, 15) is 0 Å². The van der Waals surface area contributed by atoms with Crippen LogP contribution in [0.15, 0.2) is 0 Å². The van der Waals surface area contributed by atoms with Crippen molar-refractivity contribution in [2.75, 3.05) is 0 Å². The third-order valence-corrected chi connectivity index (χ3v) is 0. The Morgan fingerprint density at radius 2 is 1.12 bits per heavy atom. The molecule has 0 aromatic rings. The first kappa shape index (κ1) is 11.5. The first-order chi connectivity index (χ1) is 3.46. The van der Waals surface area contributed by atoms with Crippen molar-refractivity contribution in [3.63, 3.8) is 0 Å². The van der Waals surface area contributed by atoms with E-state index in [-0.39, 0.29) is 0 Å². The molecular weight excluding hydrogens is 175 g/mol. The molecular formula is H5O6PTi. The van der Waals surface area contributed by atoms with Crippen LogP contribution >= 0.6 is 8.60 Å². The van der Waals surface area contributed by atoms with Gasteiger partial charge < -0.3 is 14.7 Å². The van der Waals surface area contributed by atoms with Crippen LogP contribution < -0.4 is 0 Å². The summed E-state index contributed by atoms with van der Waals surface area (Å²) in [5.74, 6) is 0. The van der Waals surface area contributed by atoms with Gasteiger partial charge in [-0.15, -0.1) is 0 Å². The van der Waals surface area contributed by atoms with Gasteiger partial charge in [0.2, 0.25) is 0 Å². The van der Waals surface area contributed by atoms with E-state index in [2.05, 4.69) is 0 Å². The Labute approximate surface area is 53.1 Å². The zero-order valence-corrected chi connectivity index (χ0v) is 6.05. The van der Waals surface area contributed by atoms with E-state index in [0.717, 1.165) is 0 Å². The van der Waals surface area contributed by atoms with Crippen molar-refractivity contribution in [1.29, 1.82) is 0 Å². The van der Waals surface area contributed by atoms with Crippen LogP contribution in [0.1, 0.15) is 0 Å². The van der Waals surface area contributed by atoms with Gasteiger partial charge in [0.05, 0.1) is 0 Å². The summed E-state index contributed by atoms with van der Waals surface area (Å²) >= 11 is -3.58. The molecule has 0 saturated carbocycles. The zero-order valence-electron chi connectivity index (χ0n) is 3.59. The fourth-order valence-electron chi connectivity index (χ4n) is 0. The molecule has 0 heterocycles. The summed E-state index contributed by atoms with van der Waals surface area (Å²) < 4.78 is 23.2. The van der Waals surface area contributed by atoms with Crippen LogP contribution in [0.25, 0.3) is 0 Å². The second-order valence-electron chi connectivity index (χ2n) is 0.551. The van der Waals surface area contributed by atoms with E-state index in [1.54, 1.807) is 0 Å². The van der Waals surface area contributed by atoms with Gasteiger partial charge in [0.15, 0.2) is 0 Å². The Kier molecular flexibility index (Phi) is 11.2. The quantitative estimate of drug-likeness (QED) is 0.216. The fourth-order valence-corrected chi connectivity index (χ4v) is 0. The number of hydrogen-bond donors (Lipinski definition) is 5. The molecule has 0 aliphatic rings. The average molecular weight is 180 g/mol. The summed E-state index contributed by atoms with van der Waals surface area (Å²) in [6, 6.07) is 0. The minimum absolute atomic E-state index is 2.62. The van der Waals surface area contributed by atoms with Gasteiger partial charge in [0, 0.05) is 0 Å². The summed E-state index contributed by atoms with van der Waals surface area (Å²) in [7, 11) is -2.62. The van der Waals surface area contributed by atoms with Gasteiger partial charge in [-0.05, 0) is 0 Å². The average Bonchev–Trinajstić information content (AvgIpc) is 1.25. The first-order valence-corrected chi connectivity index (χ1v) is 4.49. The second kappa shape index (κ2) is 7.74. The molecule has 8 heavy (non-hydrogen) atoms. The van der Waals surface area contributed by atoms with Gasteiger partial charge in [-0.1, -0.05) is 0 Å². The molecule has 0 radical (unpaired) electrons. The summed E-state index contributed by atoms with van der Waals surface area (Å²) in [6.07, 6.45) is 0. The van der Waals surface area contributed by atoms with Crippen molar-refractivity contribution in [2.45, 2.75) is 0 Å². The third-order valence-electron chi connectivity index (χ3n) is 0. The van der Waals surface area contributed by atoms with Gasteiger partial charge in [0.1, 0.15) is 0 Å². The summed E-state index contributed by atoms with van der Waals surface area (Å²) in [6.45, 7) is 0. The molecule has 0 atom stereocenters. The summed E-state index contributed by atoms with van der Waals surface area (Å²) in [4.78, 5) is 21.7. The Balaban J connectivity index is 0. The Bertz CT molecular complexity index is 52.8. The maximum absolute atomic E-state index is 8.81. The van der Waals surface area contributed by atoms with Gasteiger partial charge in [-0.25, -0.2) is 0 Å². The van der Waals surface area contributed by atoms with E-state index in [0.29, 0.717) is 0 Å². The predicted molar refractivity (Wildman–Crippen MR) is 18.7 cm³/mol.